The Bertz CT molecular complexity index is 1080. The minimum Gasteiger partial charge on any atom is -0.497 e. The van der Waals surface area contributed by atoms with Crippen LogP contribution in [0, 0.1) is 0 Å². The van der Waals surface area contributed by atoms with E-state index in [1.165, 1.54) is 22.3 Å². The van der Waals surface area contributed by atoms with Crippen molar-refractivity contribution < 1.29 is 4.74 Å². The predicted octanol–water partition coefficient (Wildman–Crippen LogP) is 7.37. The van der Waals surface area contributed by atoms with Crippen molar-refractivity contribution >= 4 is 17.2 Å². The lowest BCUT2D eigenvalue weighted by molar-refractivity contribution is 0.415. The fraction of sp³-hybridized carbons (Fsp3) is 0.0345. The highest BCUT2D eigenvalue weighted by Gasteiger charge is 2.08. The van der Waals surface area contributed by atoms with Crippen molar-refractivity contribution in [2.75, 3.05) is 7.11 Å². The molecule has 0 aliphatic carbocycles. The quantitative estimate of drug-likeness (QED) is 0.247. The molecule has 1 nitrogen and oxygen atoms in total. The third-order valence-electron chi connectivity index (χ3n) is 5.01. The summed E-state index contributed by atoms with van der Waals surface area (Å²) in [5, 5.41) is 0. The summed E-state index contributed by atoms with van der Waals surface area (Å²) in [6, 6.07) is 39.8. The molecule has 4 rings (SSSR count). The van der Waals surface area contributed by atoms with E-state index in [1.54, 1.807) is 7.11 Å². The first-order valence-corrected chi connectivity index (χ1v) is 10.1. The van der Waals surface area contributed by atoms with E-state index in [0.29, 0.717) is 0 Å². The first kappa shape index (κ1) is 19.5. The summed E-state index contributed by atoms with van der Waals surface area (Å²) in [5.41, 5.74) is 7.05. The van der Waals surface area contributed by atoms with E-state index in [2.05, 4.69) is 109 Å². The molecule has 0 aromatic heterocycles. The monoisotopic (exact) mass is 388 g/mol. The van der Waals surface area contributed by atoms with Crippen LogP contribution in [0.5, 0.6) is 5.75 Å². The molecule has 0 saturated carbocycles. The van der Waals surface area contributed by atoms with E-state index in [0.717, 1.165) is 16.9 Å². The van der Waals surface area contributed by atoms with Crippen molar-refractivity contribution in [3.63, 3.8) is 0 Å². The Labute approximate surface area is 178 Å². The highest BCUT2D eigenvalue weighted by molar-refractivity contribution is 5.96. The SMILES string of the molecule is COc1ccc(C=C(C=C(c2ccccc2)c2ccccc2)c2ccccc2)cc1. The van der Waals surface area contributed by atoms with Crippen LogP contribution >= 0.6 is 0 Å². The molecular weight excluding hydrogens is 364 g/mol. The van der Waals surface area contributed by atoms with E-state index in [1.807, 2.05) is 18.2 Å². The van der Waals surface area contributed by atoms with Crippen molar-refractivity contribution in [2.45, 2.75) is 0 Å². The van der Waals surface area contributed by atoms with Gasteiger partial charge in [-0.15, -0.1) is 0 Å². The number of allylic oxidation sites excluding steroid dienone is 2. The topological polar surface area (TPSA) is 9.23 Å². The van der Waals surface area contributed by atoms with Crippen molar-refractivity contribution in [3.05, 3.63) is 144 Å². The molecule has 4 aromatic carbocycles. The number of rotatable bonds is 6. The molecule has 0 atom stereocenters. The van der Waals surface area contributed by atoms with E-state index < -0.39 is 0 Å². The number of ether oxygens (including phenoxy) is 1. The van der Waals surface area contributed by atoms with Crippen LogP contribution in [0.3, 0.4) is 0 Å². The lowest BCUT2D eigenvalue weighted by Crippen LogP contribution is -1.90. The predicted molar refractivity (Wildman–Crippen MR) is 127 cm³/mol. The van der Waals surface area contributed by atoms with Crippen LogP contribution in [-0.4, -0.2) is 7.11 Å². The van der Waals surface area contributed by atoms with Gasteiger partial charge in [-0.3, -0.25) is 0 Å². The van der Waals surface area contributed by atoms with Gasteiger partial charge in [-0.2, -0.15) is 0 Å². The Balaban J connectivity index is 1.87. The van der Waals surface area contributed by atoms with Crippen molar-refractivity contribution in [2.24, 2.45) is 0 Å². The number of hydrogen-bond donors (Lipinski definition) is 0. The summed E-state index contributed by atoms with van der Waals surface area (Å²) in [5.74, 6) is 0.859. The molecule has 1 heteroatoms. The van der Waals surface area contributed by atoms with Gasteiger partial charge >= 0.3 is 0 Å². The second kappa shape index (κ2) is 9.58. The summed E-state index contributed by atoms with van der Waals surface area (Å²) >= 11 is 0. The molecule has 0 aliphatic rings. The van der Waals surface area contributed by atoms with E-state index in [4.69, 9.17) is 4.74 Å². The van der Waals surface area contributed by atoms with Crippen LogP contribution in [0.15, 0.2) is 121 Å². The molecule has 0 amide bonds. The Hall–Kier alpha value is -3.84. The van der Waals surface area contributed by atoms with Gasteiger partial charge in [0.1, 0.15) is 5.75 Å². The van der Waals surface area contributed by atoms with Crippen molar-refractivity contribution in [1.82, 2.24) is 0 Å². The maximum Gasteiger partial charge on any atom is 0.118 e. The minimum absolute atomic E-state index is 0.859. The first-order chi connectivity index (χ1) is 14.8. The van der Waals surface area contributed by atoms with Crippen LogP contribution < -0.4 is 4.74 Å². The average Bonchev–Trinajstić information content (AvgIpc) is 2.84. The molecule has 0 fully saturated rings. The summed E-state index contributed by atoms with van der Waals surface area (Å²) in [4.78, 5) is 0. The first-order valence-electron chi connectivity index (χ1n) is 10.1. The van der Waals surface area contributed by atoms with Gasteiger partial charge in [-0.05, 0) is 57.7 Å². The minimum atomic E-state index is 0.859. The zero-order chi connectivity index (χ0) is 20.6. The Kier molecular flexibility index (Phi) is 6.22. The number of benzene rings is 4. The second-order valence-corrected chi connectivity index (χ2v) is 7.03. The fourth-order valence-electron chi connectivity index (χ4n) is 3.44. The highest BCUT2D eigenvalue weighted by Crippen LogP contribution is 2.29. The molecule has 0 spiro atoms. The summed E-state index contributed by atoms with van der Waals surface area (Å²) < 4.78 is 5.31. The number of methoxy groups -OCH3 is 1. The Morgan fingerprint density at radius 2 is 1.03 bits per heavy atom. The molecule has 0 bridgehead atoms. The molecule has 0 N–H and O–H groups in total. The Morgan fingerprint density at radius 3 is 1.50 bits per heavy atom. The fourth-order valence-corrected chi connectivity index (χ4v) is 3.44. The molecule has 4 aromatic rings. The maximum atomic E-state index is 5.31. The van der Waals surface area contributed by atoms with Crippen molar-refractivity contribution in [1.29, 1.82) is 0 Å². The van der Waals surface area contributed by atoms with Crippen molar-refractivity contribution in [3.8, 4) is 5.75 Å². The molecule has 0 heterocycles. The van der Waals surface area contributed by atoms with Crippen LogP contribution in [0.2, 0.25) is 0 Å². The molecule has 0 unspecified atom stereocenters. The molecule has 0 saturated heterocycles. The summed E-state index contributed by atoms with van der Waals surface area (Å²) in [6.45, 7) is 0. The largest absolute Gasteiger partial charge is 0.497 e. The average molecular weight is 389 g/mol. The van der Waals surface area contributed by atoms with Gasteiger partial charge in [-0.1, -0.05) is 103 Å². The van der Waals surface area contributed by atoms with Gasteiger partial charge in [0.15, 0.2) is 0 Å². The van der Waals surface area contributed by atoms with Gasteiger partial charge in [0.05, 0.1) is 7.11 Å². The highest BCUT2D eigenvalue weighted by atomic mass is 16.5. The third-order valence-corrected chi connectivity index (χ3v) is 5.01. The zero-order valence-electron chi connectivity index (χ0n) is 17.0. The molecule has 0 aliphatic heterocycles. The smallest absolute Gasteiger partial charge is 0.118 e. The van der Waals surface area contributed by atoms with Crippen LogP contribution in [0.25, 0.3) is 17.2 Å². The molecular formula is C29H24O. The molecule has 146 valence electrons. The lowest BCUT2D eigenvalue weighted by Gasteiger charge is -2.12. The molecule has 30 heavy (non-hydrogen) atoms. The Morgan fingerprint density at radius 1 is 0.567 bits per heavy atom. The van der Waals surface area contributed by atoms with Gasteiger partial charge in [0, 0.05) is 0 Å². The van der Waals surface area contributed by atoms with E-state index in [9.17, 15) is 0 Å². The van der Waals surface area contributed by atoms with Gasteiger partial charge in [-0.25, -0.2) is 0 Å². The van der Waals surface area contributed by atoms with Gasteiger partial charge < -0.3 is 4.74 Å². The maximum absolute atomic E-state index is 5.31. The zero-order valence-corrected chi connectivity index (χ0v) is 17.0. The summed E-state index contributed by atoms with van der Waals surface area (Å²) in [6.07, 6.45) is 4.50. The number of hydrogen-bond acceptors (Lipinski definition) is 1. The third kappa shape index (κ3) is 4.76. The van der Waals surface area contributed by atoms with Crippen LogP contribution in [-0.2, 0) is 0 Å². The van der Waals surface area contributed by atoms with Crippen LogP contribution in [0.1, 0.15) is 22.3 Å². The summed E-state index contributed by atoms with van der Waals surface area (Å²) in [7, 11) is 1.69. The van der Waals surface area contributed by atoms with Gasteiger partial charge in [0.2, 0.25) is 0 Å². The van der Waals surface area contributed by atoms with Crippen LogP contribution in [0.4, 0.5) is 0 Å². The van der Waals surface area contributed by atoms with E-state index in [-0.39, 0.29) is 0 Å². The lowest BCUT2D eigenvalue weighted by atomic mass is 9.93. The molecule has 0 radical (unpaired) electrons. The van der Waals surface area contributed by atoms with Gasteiger partial charge in [0.25, 0.3) is 0 Å². The van der Waals surface area contributed by atoms with E-state index >= 15 is 0 Å². The standard InChI is InChI=1S/C29H24O/c1-30-28-19-17-23(18-20-28)21-27(24-11-5-2-6-12-24)22-29(25-13-7-3-8-14-25)26-15-9-4-10-16-26/h2-22H,1H3. The second-order valence-electron chi connectivity index (χ2n) is 7.03. The normalized spacial score (nSPS) is 11.0.